The molecule has 0 heterocycles. The Labute approximate surface area is 143 Å². The van der Waals surface area contributed by atoms with Crippen molar-refractivity contribution in [3.8, 4) is 0 Å². The number of sulfonamides is 1. The Hall–Kier alpha value is -1.98. The van der Waals surface area contributed by atoms with Crippen molar-refractivity contribution in [3.63, 3.8) is 0 Å². The maximum absolute atomic E-state index is 12.7. The fourth-order valence-electron chi connectivity index (χ4n) is 2.74. The molecular weight excluding hydrogens is 322 g/mol. The number of ketones is 1. The van der Waals surface area contributed by atoms with E-state index in [2.05, 4.69) is 4.72 Å². The third kappa shape index (κ3) is 3.74. The van der Waals surface area contributed by atoms with E-state index in [9.17, 15) is 13.2 Å². The van der Waals surface area contributed by atoms with Crippen LogP contribution in [0.25, 0.3) is 0 Å². The summed E-state index contributed by atoms with van der Waals surface area (Å²) in [5.74, 6) is 0.265. The normalized spacial score (nSPS) is 15.9. The standard InChI is InChI=1S/C19H21NO3S/c1-13-3-5-16(6-4-13)19(17-7-8-17)20-24(22,23)18-11-9-15(10-12-18)14(2)21/h3-6,9-12,17,19-20H,7-8H2,1-2H3/t19-/m0/s1. The SMILES string of the molecule is CC(=O)c1ccc(S(=O)(=O)N[C@@H](c2ccc(C)cc2)C2CC2)cc1. The van der Waals surface area contributed by atoms with Gasteiger partial charge in [0.05, 0.1) is 4.90 Å². The highest BCUT2D eigenvalue weighted by atomic mass is 32.2. The second-order valence-electron chi connectivity index (χ2n) is 6.43. The van der Waals surface area contributed by atoms with Crippen LogP contribution in [0.5, 0.6) is 0 Å². The number of Topliss-reactive ketones (excluding diaryl/α,β-unsaturated/α-hetero) is 1. The van der Waals surface area contributed by atoms with Gasteiger partial charge in [0, 0.05) is 11.6 Å². The molecule has 0 bridgehead atoms. The van der Waals surface area contributed by atoms with Crippen molar-refractivity contribution in [2.24, 2.45) is 5.92 Å². The first-order valence-electron chi connectivity index (χ1n) is 8.07. The van der Waals surface area contributed by atoms with Crippen molar-refractivity contribution >= 4 is 15.8 Å². The minimum Gasteiger partial charge on any atom is -0.295 e. The molecule has 1 aliphatic carbocycles. The largest absolute Gasteiger partial charge is 0.295 e. The van der Waals surface area contributed by atoms with Crippen LogP contribution in [0.2, 0.25) is 0 Å². The molecule has 3 rings (SSSR count). The lowest BCUT2D eigenvalue weighted by molar-refractivity contribution is 0.101. The first kappa shape index (κ1) is 16.9. The maximum Gasteiger partial charge on any atom is 0.241 e. The Balaban J connectivity index is 1.85. The Bertz CT molecular complexity index is 835. The van der Waals surface area contributed by atoms with E-state index in [-0.39, 0.29) is 16.7 Å². The fourth-order valence-corrected chi connectivity index (χ4v) is 4.04. The molecule has 0 saturated heterocycles. The zero-order valence-electron chi connectivity index (χ0n) is 13.8. The number of benzene rings is 2. The second kappa shape index (κ2) is 6.49. The summed E-state index contributed by atoms with van der Waals surface area (Å²) in [7, 11) is -3.63. The van der Waals surface area contributed by atoms with Gasteiger partial charge in [-0.05, 0) is 50.3 Å². The summed E-state index contributed by atoms with van der Waals surface area (Å²) in [5.41, 5.74) is 2.65. The lowest BCUT2D eigenvalue weighted by atomic mass is 10.0. The average Bonchev–Trinajstić information content (AvgIpc) is 3.38. The smallest absolute Gasteiger partial charge is 0.241 e. The van der Waals surface area contributed by atoms with Crippen LogP contribution in [-0.2, 0) is 10.0 Å². The molecule has 2 aromatic carbocycles. The molecule has 0 unspecified atom stereocenters. The van der Waals surface area contributed by atoms with E-state index in [1.54, 1.807) is 12.1 Å². The van der Waals surface area contributed by atoms with Gasteiger partial charge in [-0.3, -0.25) is 4.79 Å². The van der Waals surface area contributed by atoms with E-state index in [1.165, 1.54) is 19.1 Å². The Morgan fingerprint density at radius 3 is 2.12 bits per heavy atom. The summed E-state index contributed by atoms with van der Waals surface area (Å²) >= 11 is 0. The van der Waals surface area contributed by atoms with Crippen LogP contribution >= 0.6 is 0 Å². The molecule has 2 aromatic rings. The first-order valence-corrected chi connectivity index (χ1v) is 9.55. The van der Waals surface area contributed by atoms with Crippen molar-refractivity contribution in [2.45, 2.75) is 37.6 Å². The lowest BCUT2D eigenvalue weighted by Gasteiger charge is -2.19. The molecule has 0 aliphatic heterocycles. The molecule has 24 heavy (non-hydrogen) atoms. The molecule has 0 amide bonds. The number of nitrogens with one attached hydrogen (secondary N) is 1. The molecule has 1 fully saturated rings. The van der Waals surface area contributed by atoms with E-state index in [0.29, 0.717) is 11.5 Å². The monoisotopic (exact) mass is 343 g/mol. The summed E-state index contributed by atoms with van der Waals surface area (Å²) < 4.78 is 28.2. The van der Waals surface area contributed by atoms with Gasteiger partial charge in [0.25, 0.3) is 0 Å². The lowest BCUT2D eigenvalue weighted by Crippen LogP contribution is -2.30. The van der Waals surface area contributed by atoms with Gasteiger partial charge < -0.3 is 0 Å². The number of aryl methyl sites for hydroxylation is 1. The molecule has 5 heteroatoms. The minimum absolute atomic E-state index is 0.0811. The van der Waals surface area contributed by atoms with E-state index in [4.69, 9.17) is 0 Å². The summed E-state index contributed by atoms with van der Waals surface area (Å²) in [5, 5.41) is 0. The van der Waals surface area contributed by atoms with Gasteiger partial charge in [0.2, 0.25) is 10.0 Å². The molecular formula is C19H21NO3S. The number of rotatable bonds is 6. The third-order valence-electron chi connectivity index (χ3n) is 4.38. The van der Waals surface area contributed by atoms with Crippen molar-refractivity contribution in [1.82, 2.24) is 4.72 Å². The summed E-state index contributed by atoms with van der Waals surface area (Å²) in [6.07, 6.45) is 2.06. The average molecular weight is 343 g/mol. The number of carbonyl (C=O) groups excluding carboxylic acids is 1. The van der Waals surface area contributed by atoms with Crippen LogP contribution in [0, 0.1) is 12.8 Å². The van der Waals surface area contributed by atoms with E-state index < -0.39 is 10.0 Å². The highest BCUT2D eigenvalue weighted by molar-refractivity contribution is 7.89. The number of hydrogen-bond acceptors (Lipinski definition) is 3. The van der Waals surface area contributed by atoms with E-state index >= 15 is 0 Å². The fraction of sp³-hybridized carbons (Fsp3) is 0.316. The van der Waals surface area contributed by atoms with Gasteiger partial charge >= 0.3 is 0 Å². The molecule has 0 spiro atoms. The van der Waals surface area contributed by atoms with Gasteiger partial charge in [-0.25, -0.2) is 13.1 Å². The maximum atomic E-state index is 12.7. The van der Waals surface area contributed by atoms with Crippen molar-refractivity contribution < 1.29 is 13.2 Å². The zero-order chi connectivity index (χ0) is 17.3. The predicted molar refractivity (Wildman–Crippen MR) is 93.4 cm³/mol. The highest BCUT2D eigenvalue weighted by Crippen LogP contribution is 2.41. The molecule has 4 nitrogen and oxygen atoms in total. The van der Waals surface area contributed by atoms with Crippen LogP contribution in [0.3, 0.4) is 0 Å². The molecule has 126 valence electrons. The first-order chi connectivity index (χ1) is 11.4. The van der Waals surface area contributed by atoms with Crippen molar-refractivity contribution in [1.29, 1.82) is 0 Å². The summed E-state index contributed by atoms with van der Waals surface area (Å²) in [4.78, 5) is 11.5. The molecule has 1 aliphatic rings. The van der Waals surface area contributed by atoms with Crippen molar-refractivity contribution in [2.75, 3.05) is 0 Å². The Kier molecular flexibility index (Phi) is 4.56. The topological polar surface area (TPSA) is 63.2 Å². The minimum atomic E-state index is -3.63. The van der Waals surface area contributed by atoms with Crippen LogP contribution in [0.1, 0.15) is 47.3 Å². The molecule has 1 N–H and O–H groups in total. The van der Waals surface area contributed by atoms with Gasteiger partial charge in [-0.15, -0.1) is 0 Å². The molecule has 1 saturated carbocycles. The van der Waals surface area contributed by atoms with Crippen LogP contribution < -0.4 is 4.72 Å². The molecule has 0 aromatic heterocycles. The van der Waals surface area contributed by atoms with E-state index in [1.807, 2.05) is 31.2 Å². The second-order valence-corrected chi connectivity index (χ2v) is 8.14. The van der Waals surface area contributed by atoms with Gasteiger partial charge in [0.15, 0.2) is 5.78 Å². The number of carbonyl (C=O) groups is 1. The summed E-state index contributed by atoms with van der Waals surface area (Å²) in [6.45, 7) is 3.47. The quantitative estimate of drug-likeness (QED) is 0.815. The van der Waals surface area contributed by atoms with Crippen LogP contribution in [0.4, 0.5) is 0 Å². The molecule has 1 atom stereocenters. The van der Waals surface area contributed by atoms with Gasteiger partial charge in [-0.2, -0.15) is 0 Å². The van der Waals surface area contributed by atoms with E-state index in [0.717, 1.165) is 24.0 Å². The van der Waals surface area contributed by atoms with Crippen LogP contribution in [-0.4, -0.2) is 14.2 Å². The molecule has 0 radical (unpaired) electrons. The predicted octanol–water partition coefficient (Wildman–Crippen LogP) is 3.63. The number of hydrogen-bond donors (Lipinski definition) is 1. The van der Waals surface area contributed by atoms with Crippen LogP contribution in [0.15, 0.2) is 53.4 Å². The van der Waals surface area contributed by atoms with Gasteiger partial charge in [-0.1, -0.05) is 42.0 Å². The summed E-state index contributed by atoms with van der Waals surface area (Å²) in [6, 6.07) is 13.8. The Morgan fingerprint density at radius 1 is 1.04 bits per heavy atom. The highest BCUT2D eigenvalue weighted by Gasteiger charge is 2.35. The Morgan fingerprint density at radius 2 is 1.62 bits per heavy atom. The third-order valence-corrected chi connectivity index (χ3v) is 5.84. The zero-order valence-corrected chi connectivity index (χ0v) is 14.6. The van der Waals surface area contributed by atoms with Gasteiger partial charge in [0.1, 0.15) is 0 Å². The van der Waals surface area contributed by atoms with Crippen molar-refractivity contribution in [3.05, 3.63) is 65.2 Å².